The summed E-state index contributed by atoms with van der Waals surface area (Å²) in [6, 6.07) is 0. The van der Waals surface area contributed by atoms with Gasteiger partial charge in [0.2, 0.25) is 6.29 Å². The molecule has 0 atom stereocenters. The van der Waals surface area contributed by atoms with Crippen molar-refractivity contribution in [2.75, 3.05) is 0 Å². The maximum atomic E-state index is 9.64. The number of carbonyl (C=O) groups is 2. The Labute approximate surface area is 39.4 Å². The summed E-state index contributed by atoms with van der Waals surface area (Å²) in [5, 5.41) is 15.6. The van der Waals surface area contributed by atoms with Crippen LogP contribution in [0.1, 0.15) is 0 Å². The Kier molecular flexibility index (Phi) is 2.18. The van der Waals surface area contributed by atoms with E-state index < -0.39 is 12.1 Å². The molecule has 0 rings (SSSR count). The Bertz CT molecular complexity index is 84.9. The number of aliphatic hydroxyl groups is 2. The second-order valence-corrected chi connectivity index (χ2v) is 0.894. The molecule has 0 saturated carbocycles. The third kappa shape index (κ3) is 2.02. The average Bonchev–Trinajstić information content (AvgIpc) is 1.65. The summed E-state index contributed by atoms with van der Waals surface area (Å²) >= 11 is 0. The van der Waals surface area contributed by atoms with E-state index in [2.05, 4.69) is 0 Å². The van der Waals surface area contributed by atoms with Gasteiger partial charge < -0.3 is 10.2 Å². The predicted molar refractivity (Wildman–Crippen MR) is 19.3 cm³/mol. The number of hydrogen-bond acceptors (Lipinski definition) is 4. The fourth-order valence-corrected chi connectivity index (χ4v) is 0.0609. The van der Waals surface area contributed by atoms with Gasteiger partial charge in [0.1, 0.15) is 0 Å². The molecular formula is C3H4O4. The van der Waals surface area contributed by atoms with Gasteiger partial charge in [0.15, 0.2) is 6.29 Å². The lowest BCUT2D eigenvalue weighted by molar-refractivity contribution is -0.148. The summed E-state index contributed by atoms with van der Waals surface area (Å²) in [6.07, 6.45) is -2.29. The molecule has 4 heteroatoms. The van der Waals surface area contributed by atoms with Crippen LogP contribution in [0.25, 0.3) is 0 Å². The molecule has 0 aliphatic carbocycles. The minimum absolute atomic E-state index is 0.148. The first kappa shape index (κ1) is 6.26. The lowest BCUT2D eigenvalue weighted by Gasteiger charge is -1.89. The highest BCUT2D eigenvalue weighted by molar-refractivity contribution is 6.26. The van der Waals surface area contributed by atoms with Gasteiger partial charge in [-0.05, 0) is 0 Å². The van der Waals surface area contributed by atoms with Gasteiger partial charge in [-0.15, -0.1) is 0 Å². The van der Waals surface area contributed by atoms with Crippen LogP contribution in [-0.4, -0.2) is 28.6 Å². The van der Waals surface area contributed by atoms with Crippen LogP contribution in [0.3, 0.4) is 0 Å². The third-order valence-electron chi connectivity index (χ3n) is 0.371. The van der Waals surface area contributed by atoms with E-state index in [9.17, 15) is 9.59 Å². The fourth-order valence-electron chi connectivity index (χ4n) is 0.0609. The summed E-state index contributed by atoms with van der Waals surface area (Å²) in [4.78, 5) is 18.9. The van der Waals surface area contributed by atoms with E-state index in [4.69, 9.17) is 10.2 Å². The van der Waals surface area contributed by atoms with Crippen LogP contribution in [0.15, 0.2) is 0 Å². The average molecular weight is 104 g/mol. The van der Waals surface area contributed by atoms with Crippen LogP contribution >= 0.6 is 0 Å². The van der Waals surface area contributed by atoms with E-state index in [-0.39, 0.29) is 6.29 Å². The van der Waals surface area contributed by atoms with E-state index in [0.29, 0.717) is 0 Å². The number of hydrogen-bond donors (Lipinski definition) is 2. The molecule has 0 aromatic carbocycles. The van der Waals surface area contributed by atoms with Gasteiger partial charge in [-0.1, -0.05) is 0 Å². The van der Waals surface area contributed by atoms with Crippen LogP contribution in [0.5, 0.6) is 0 Å². The Hall–Kier alpha value is -0.740. The van der Waals surface area contributed by atoms with Crippen molar-refractivity contribution in [2.45, 2.75) is 6.29 Å². The molecule has 0 saturated heterocycles. The Morgan fingerprint density at radius 1 is 1.57 bits per heavy atom. The molecule has 7 heavy (non-hydrogen) atoms. The Morgan fingerprint density at radius 3 is 2.00 bits per heavy atom. The van der Waals surface area contributed by atoms with Crippen LogP contribution in [0, 0.1) is 0 Å². The summed E-state index contributed by atoms with van der Waals surface area (Å²) in [5.74, 6) is -1.22. The molecule has 0 aromatic rings. The van der Waals surface area contributed by atoms with Crippen molar-refractivity contribution in [1.29, 1.82) is 0 Å². The van der Waals surface area contributed by atoms with E-state index >= 15 is 0 Å². The maximum absolute atomic E-state index is 9.64. The van der Waals surface area contributed by atoms with E-state index in [0.717, 1.165) is 0 Å². The molecule has 2 N–H and O–H groups in total. The van der Waals surface area contributed by atoms with E-state index in [1.807, 2.05) is 0 Å². The number of aldehydes is 1. The highest BCUT2D eigenvalue weighted by atomic mass is 16.5. The molecule has 0 radical (unpaired) electrons. The standard InChI is InChI=1S/C3H4O4/c4-1-2(5)3(6)7/h1,3,6-7H. The lowest BCUT2D eigenvalue weighted by atomic mass is 10.4. The monoisotopic (exact) mass is 104 g/mol. The summed E-state index contributed by atoms with van der Waals surface area (Å²) < 4.78 is 0. The number of ketones is 1. The zero-order valence-electron chi connectivity index (χ0n) is 3.37. The molecule has 0 spiro atoms. The molecule has 0 unspecified atom stereocenters. The van der Waals surface area contributed by atoms with E-state index in [1.54, 1.807) is 0 Å². The molecular weight excluding hydrogens is 100 g/mol. The SMILES string of the molecule is O=CC(=O)C(O)O. The smallest absolute Gasteiger partial charge is 0.250 e. The van der Waals surface area contributed by atoms with Crippen molar-refractivity contribution >= 4 is 12.1 Å². The molecule has 0 aliphatic rings. The van der Waals surface area contributed by atoms with Gasteiger partial charge in [-0.3, -0.25) is 9.59 Å². The fraction of sp³-hybridized carbons (Fsp3) is 0.333. The zero-order valence-corrected chi connectivity index (χ0v) is 3.37. The maximum Gasteiger partial charge on any atom is 0.250 e. The largest absolute Gasteiger partial charge is 0.362 e. The van der Waals surface area contributed by atoms with Crippen LogP contribution < -0.4 is 0 Å². The van der Waals surface area contributed by atoms with Crippen molar-refractivity contribution in [3.8, 4) is 0 Å². The number of carbonyl (C=O) groups excluding carboxylic acids is 2. The minimum Gasteiger partial charge on any atom is -0.362 e. The predicted octanol–water partition coefficient (Wildman–Crippen LogP) is -1.93. The van der Waals surface area contributed by atoms with Crippen molar-refractivity contribution in [3.63, 3.8) is 0 Å². The lowest BCUT2D eigenvalue weighted by Crippen LogP contribution is -2.19. The first-order valence-corrected chi connectivity index (χ1v) is 1.53. The molecule has 0 aliphatic heterocycles. The van der Waals surface area contributed by atoms with Gasteiger partial charge in [-0.25, -0.2) is 0 Å². The molecule has 0 amide bonds. The summed E-state index contributed by atoms with van der Waals surface area (Å²) in [7, 11) is 0. The highest BCUT2D eigenvalue weighted by Gasteiger charge is 2.06. The van der Waals surface area contributed by atoms with Crippen molar-refractivity contribution in [2.24, 2.45) is 0 Å². The zero-order chi connectivity index (χ0) is 5.86. The first-order valence-electron chi connectivity index (χ1n) is 1.53. The molecule has 0 fully saturated rings. The van der Waals surface area contributed by atoms with Crippen molar-refractivity contribution in [3.05, 3.63) is 0 Å². The van der Waals surface area contributed by atoms with Crippen molar-refractivity contribution < 1.29 is 19.8 Å². The first-order chi connectivity index (χ1) is 3.18. The summed E-state index contributed by atoms with van der Waals surface area (Å²) in [5.41, 5.74) is 0. The Balaban J connectivity index is 3.56. The minimum atomic E-state index is -2.14. The highest BCUT2D eigenvalue weighted by Crippen LogP contribution is 1.70. The number of aliphatic hydroxyl groups excluding tert-OH is 1. The quantitative estimate of drug-likeness (QED) is 0.243. The number of Topliss-reactive ketones (excluding diaryl/α,β-unsaturated/α-hetero) is 1. The second-order valence-electron chi connectivity index (χ2n) is 0.894. The van der Waals surface area contributed by atoms with Crippen LogP contribution in [0.2, 0.25) is 0 Å². The van der Waals surface area contributed by atoms with Crippen LogP contribution in [0.4, 0.5) is 0 Å². The van der Waals surface area contributed by atoms with Gasteiger partial charge in [0.05, 0.1) is 0 Å². The molecule has 4 nitrogen and oxygen atoms in total. The summed E-state index contributed by atoms with van der Waals surface area (Å²) in [6.45, 7) is 0. The molecule has 40 valence electrons. The number of rotatable bonds is 2. The van der Waals surface area contributed by atoms with Gasteiger partial charge >= 0.3 is 0 Å². The van der Waals surface area contributed by atoms with Gasteiger partial charge in [0.25, 0.3) is 5.78 Å². The normalized spacial score (nSPS) is 9.00. The van der Waals surface area contributed by atoms with Gasteiger partial charge in [0, 0.05) is 0 Å². The second kappa shape index (κ2) is 2.44. The third-order valence-corrected chi connectivity index (χ3v) is 0.371. The molecule has 0 heterocycles. The van der Waals surface area contributed by atoms with E-state index in [1.165, 1.54) is 0 Å². The molecule has 0 bridgehead atoms. The van der Waals surface area contributed by atoms with Gasteiger partial charge in [-0.2, -0.15) is 0 Å². The topological polar surface area (TPSA) is 74.6 Å². The Morgan fingerprint density at radius 2 is 2.00 bits per heavy atom. The van der Waals surface area contributed by atoms with Crippen LogP contribution in [-0.2, 0) is 9.59 Å². The molecule has 0 aromatic heterocycles. The van der Waals surface area contributed by atoms with Crippen molar-refractivity contribution in [1.82, 2.24) is 0 Å².